The Bertz CT molecular complexity index is 532. The third-order valence-electron chi connectivity index (χ3n) is 3.43. The molecule has 0 radical (unpaired) electrons. The summed E-state index contributed by atoms with van der Waals surface area (Å²) in [7, 11) is -3.46. The van der Waals surface area contributed by atoms with Crippen molar-refractivity contribution in [2.45, 2.75) is 31.2 Å². The first kappa shape index (κ1) is 15.3. The first-order valence-corrected chi connectivity index (χ1v) is 8.36. The number of rotatable bonds is 4. The van der Waals surface area contributed by atoms with Gasteiger partial charge in [0.25, 0.3) is 0 Å². The van der Waals surface area contributed by atoms with Gasteiger partial charge in [0.2, 0.25) is 10.0 Å². The molecule has 1 aliphatic heterocycles. The van der Waals surface area contributed by atoms with Gasteiger partial charge in [0.15, 0.2) is 0 Å². The van der Waals surface area contributed by atoms with E-state index >= 15 is 0 Å². The summed E-state index contributed by atoms with van der Waals surface area (Å²) in [4.78, 5) is 0.294. The Balaban J connectivity index is 2.21. The molecule has 1 aliphatic rings. The number of hydrogen-bond donors (Lipinski definition) is 1. The monoisotopic (exact) mass is 298 g/mol. The zero-order chi connectivity index (χ0) is 14.8. The van der Waals surface area contributed by atoms with Crippen molar-refractivity contribution in [3.05, 3.63) is 24.3 Å². The summed E-state index contributed by atoms with van der Waals surface area (Å²) in [5.41, 5.74) is 5.93. The van der Waals surface area contributed by atoms with E-state index in [0.29, 0.717) is 30.3 Å². The molecule has 2 unspecified atom stereocenters. The molecule has 0 bridgehead atoms. The highest BCUT2D eigenvalue weighted by atomic mass is 32.2. The molecule has 1 fully saturated rings. The first-order valence-electron chi connectivity index (χ1n) is 6.92. The first-order chi connectivity index (χ1) is 9.43. The lowest BCUT2D eigenvalue weighted by atomic mass is 9.99. The minimum atomic E-state index is -3.46. The van der Waals surface area contributed by atoms with Crippen LogP contribution >= 0.6 is 0 Å². The molecule has 0 aromatic heterocycles. The maximum atomic E-state index is 12.6. The summed E-state index contributed by atoms with van der Waals surface area (Å²) in [6.45, 7) is 5.40. The molecule has 0 amide bonds. The molecular formula is C14H22N2O3S. The number of hydrogen-bond acceptors (Lipinski definition) is 4. The van der Waals surface area contributed by atoms with E-state index in [1.54, 1.807) is 24.3 Å². The molecule has 0 saturated carbocycles. The number of ether oxygens (including phenoxy) is 1. The molecule has 0 aliphatic carbocycles. The highest BCUT2D eigenvalue weighted by Gasteiger charge is 2.31. The van der Waals surface area contributed by atoms with Crippen molar-refractivity contribution < 1.29 is 13.2 Å². The van der Waals surface area contributed by atoms with Crippen LogP contribution in [0.1, 0.15) is 20.3 Å². The van der Waals surface area contributed by atoms with Crippen molar-refractivity contribution >= 4 is 10.0 Å². The molecule has 112 valence electrons. The van der Waals surface area contributed by atoms with Gasteiger partial charge < -0.3 is 10.5 Å². The number of benzene rings is 1. The van der Waals surface area contributed by atoms with Crippen LogP contribution in [0.5, 0.6) is 5.75 Å². The van der Waals surface area contributed by atoms with E-state index in [2.05, 4.69) is 0 Å². The molecule has 0 spiro atoms. The standard InChI is InChI=1S/C14H22N2O3S/c1-3-19-13-4-6-14(7-5-13)20(17,18)16-9-11(2)8-12(15)10-16/h4-7,11-12H,3,8-10,15H2,1-2H3. The molecule has 2 atom stereocenters. The summed E-state index contributed by atoms with van der Waals surface area (Å²) in [6, 6.07) is 6.46. The third kappa shape index (κ3) is 3.31. The highest BCUT2D eigenvalue weighted by molar-refractivity contribution is 7.89. The smallest absolute Gasteiger partial charge is 0.243 e. The summed E-state index contributed by atoms with van der Waals surface area (Å²) < 4.78 is 32.0. The van der Waals surface area contributed by atoms with Gasteiger partial charge in [0.1, 0.15) is 5.75 Å². The third-order valence-corrected chi connectivity index (χ3v) is 5.28. The second-order valence-electron chi connectivity index (χ2n) is 5.33. The second-order valence-corrected chi connectivity index (χ2v) is 7.27. The molecule has 2 rings (SSSR count). The Morgan fingerprint density at radius 3 is 2.50 bits per heavy atom. The lowest BCUT2D eigenvalue weighted by Crippen LogP contribution is -2.48. The van der Waals surface area contributed by atoms with Gasteiger partial charge >= 0.3 is 0 Å². The van der Waals surface area contributed by atoms with E-state index in [-0.39, 0.29) is 12.0 Å². The number of nitrogens with zero attached hydrogens (tertiary/aromatic N) is 1. The van der Waals surface area contributed by atoms with Gasteiger partial charge in [-0.25, -0.2) is 8.42 Å². The summed E-state index contributed by atoms with van der Waals surface area (Å²) in [5.74, 6) is 0.964. The van der Waals surface area contributed by atoms with Crippen molar-refractivity contribution in [3.8, 4) is 5.75 Å². The second kappa shape index (κ2) is 6.11. The Labute approximate surface area is 120 Å². The minimum absolute atomic E-state index is 0.0868. The highest BCUT2D eigenvalue weighted by Crippen LogP contribution is 2.24. The summed E-state index contributed by atoms with van der Waals surface area (Å²) in [5, 5.41) is 0. The fourth-order valence-corrected chi connectivity index (χ4v) is 4.19. The summed E-state index contributed by atoms with van der Waals surface area (Å²) >= 11 is 0. The molecule has 5 nitrogen and oxygen atoms in total. The van der Waals surface area contributed by atoms with E-state index in [1.807, 2.05) is 13.8 Å². The Hall–Kier alpha value is -1.11. The quantitative estimate of drug-likeness (QED) is 0.913. The van der Waals surface area contributed by atoms with Crippen molar-refractivity contribution in [2.24, 2.45) is 11.7 Å². The number of piperidine rings is 1. The fourth-order valence-electron chi connectivity index (χ4n) is 2.57. The molecule has 1 aromatic carbocycles. The van der Waals surface area contributed by atoms with Gasteiger partial charge in [0, 0.05) is 19.1 Å². The van der Waals surface area contributed by atoms with Crippen LogP contribution in [-0.4, -0.2) is 38.5 Å². The van der Waals surface area contributed by atoms with Gasteiger partial charge in [-0.1, -0.05) is 6.92 Å². The lowest BCUT2D eigenvalue weighted by Gasteiger charge is -2.33. The van der Waals surface area contributed by atoms with Crippen LogP contribution in [0.15, 0.2) is 29.2 Å². The minimum Gasteiger partial charge on any atom is -0.494 e. The van der Waals surface area contributed by atoms with Crippen LogP contribution in [0.25, 0.3) is 0 Å². The van der Waals surface area contributed by atoms with Crippen molar-refractivity contribution in [1.82, 2.24) is 4.31 Å². The lowest BCUT2D eigenvalue weighted by molar-refractivity contribution is 0.254. The predicted molar refractivity (Wildman–Crippen MR) is 78.1 cm³/mol. The fraction of sp³-hybridized carbons (Fsp3) is 0.571. The topological polar surface area (TPSA) is 72.6 Å². The molecule has 6 heteroatoms. The Morgan fingerprint density at radius 1 is 1.30 bits per heavy atom. The molecule has 1 aromatic rings. The van der Waals surface area contributed by atoms with Gasteiger partial charge in [-0.2, -0.15) is 4.31 Å². The number of sulfonamides is 1. The maximum Gasteiger partial charge on any atom is 0.243 e. The zero-order valence-corrected chi connectivity index (χ0v) is 12.8. The predicted octanol–water partition coefficient (Wildman–Crippen LogP) is 1.44. The maximum absolute atomic E-state index is 12.6. The van der Waals surface area contributed by atoms with E-state index in [4.69, 9.17) is 10.5 Å². The van der Waals surface area contributed by atoms with Crippen LogP contribution in [0.3, 0.4) is 0 Å². The van der Waals surface area contributed by atoms with Gasteiger partial charge in [-0.05, 0) is 43.5 Å². The van der Waals surface area contributed by atoms with E-state index < -0.39 is 10.0 Å². The molecular weight excluding hydrogens is 276 g/mol. The van der Waals surface area contributed by atoms with Crippen molar-refractivity contribution in [3.63, 3.8) is 0 Å². The van der Waals surface area contributed by atoms with E-state index in [1.165, 1.54) is 4.31 Å². The van der Waals surface area contributed by atoms with Crippen molar-refractivity contribution in [2.75, 3.05) is 19.7 Å². The molecule has 1 saturated heterocycles. The number of nitrogens with two attached hydrogens (primary N) is 1. The van der Waals surface area contributed by atoms with Crippen molar-refractivity contribution in [1.29, 1.82) is 0 Å². The SMILES string of the molecule is CCOc1ccc(S(=O)(=O)N2CC(C)CC(N)C2)cc1. The Kier molecular flexibility index (Phi) is 4.67. The normalized spacial score (nSPS) is 24.6. The van der Waals surface area contributed by atoms with Gasteiger partial charge in [-0.3, -0.25) is 0 Å². The van der Waals surface area contributed by atoms with Crippen LogP contribution in [0, 0.1) is 5.92 Å². The molecule has 20 heavy (non-hydrogen) atoms. The van der Waals surface area contributed by atoms with E-state index in [0.717, 1.165) is 6.42 Å². The zero-order valence-electron chi connectivity index (χ0n) is 12.0. The summed E-state index contributed by atoms with van der Waals surface area (Å²) in [6.07, 6.45) is 0.870. The molecule has 2 N–H and O–H groups in total. The Morgan fingerprint density at radius 2 is 1.95 bits per heavy atom. The van der Waals surface area contributed by atoms with Crippen LogP contribution in [-0.2, 0) is 10.0 Å². The van der Waals surface area contributed by atoms with Crippen LogP contribution < -0.4 is 10.5 Å². The van der Waals surface area contributed by atoms with E-state index in [9.17, 15) is 8.42 Å². The van der Waals surface area contributed by atoms with Crippen LogP contribution in [0.2, 0.25) is 0 Å². The van der Waals surface area contributed by atoms with Crippen LogP contribution in [0.4, 0.5) is 0 Å². The van der Waals surface area contributed by atoms with Gasteiger partial charge in [0.05, 0.1) is 11.5 Å². The average Bonchev–Trinajstić information content (AvgIpc) is 2.38. The molecule has 1 heterocycles. The average molecular weight is 298 g/mol. The van der Waals surface area contributed by atoms with Gasteiger partial charge in [-0.15, -0.1) is 0 Å². The largest absolute Gasteiger partial charge is 0.494 e.